The van der Waals surface area contributed by atoms with Crippen molar-refractivity contribution in [3.8, 4) is 0 Å². The van der Waals surface area contributed by atoms with E-state index in [4.69, 9.17) is 5.41 Å². The fraction of sp³-hybridized carbons (Fsp3) is 0.476. The van der Waals surface area contributed by atoms with Crippen LogP contribution in [0.3, 0.4) is 0 Å². The molecule has 1 aliphatic carbocycles. The van der Waals surface area contributed by atoms with E-state index in [2.05, 4.69) is 52.0 Å². The van der Waals surface area contributed by atoms with Gasteiger partial charge in [0.1, 0.15) is 0 Å². The van der Waals surface area contributed by atoms with Crippen LogP contribution in [0.15, 0.2) is 58.7 Å². The summed E-state index contributed by atoms with van der Waals surface area (Å²) in [6.07, 6.45) is 18.9. The van der Waals surface area contributed by atoms with Gasteiger partial charge in [-0.2, -0.15) is 0 Å². The molecule has 1 heteroatoms. The van der Waals surface area contributed by atoms with Crippen LogP contribution >= 0.6 is 0 Å². The first kappa shape index (κ1) is 18.4. The minimum Gasteiger partial charge on any atom is -0.309 e. The molecular weight excluding hydrogens is 266 g/mol. The van der Waals surface area contributed by atoms with Gasteiger partial charge in [-0.15, -0.1) is 0 Å². The highest BCUT2D eigenvalue weighted by molar-refractivity contribution is 5.69. The molecule has 0 saturated carbocycles. The van der Waals surface area contributed by atoms with Crippen molar-refractivity contribution in [1.29, 1.82) is 5.41 Å². The van der Waals surface area contributed by atoms with E-state index in [9.17, 15) is 0 Å². The second-order valence-corrected chi connectivity index (χ2v) is 6.80. The molecule has 1 nitrogen and oxygen atoms in total. The summed E-state index contributed by atoms with van der Waals surface area (Å²) >= 11 is 0. The van der Waals surface area contributed by atoms with E-state index >= 15 is 0 Å². The first-order chi connectivity index (χ1) is 10.4. The number of allylic oxidation sites excluding steroid dienone is 10. The lowest BCUT2D eigenvalue weighted by molar-refractivity contribution is 0.377. The van der Waals surface area contributed by atoms with Gasteiger partial charge < -0.3 is 5.41 Å². The molecule has 120 valence electrons. The van der Waals surface area contributed by atoms with Gasteiger partial charge in [-0.1, -0.05) is 56.7 Å². The predicted molar refractivity (Wildman–Crippen MR) is 99.5 cm³/mol. The van der Waals surface area contributed by atoms with Crippen LogP contribution in [0.25, 0.3) is 0 Å². The van der Waals surface area contributed by atoms with Crippen LogP contribution < -0.4 is 0 Å². The Kier molecular flexibility index (Phi) is 7.31. The molecule has 0 fully saturated rings. The fourth-order valence-electron chi connectivity index (χ4n) is 3.00. The molecule has 0 saturated heterocycles. The van der Waals surface area contributed by atoms with Crippen LogP contribution in [0.5, 0.6) is 0 Å². The summed E-state index contributed by atoms with van der Waals surface area (Å²) < 4.78 is 0. The van der Waals surface area contributed by atoms with E-state index in [1.165, 1.54) is 36.6 Å². The highest BCUT2D eigenvalue weighted by atomic mass is 14.3. The van der Waals surface area contributed by atoms with Gasteiger partial charge in [-0.25, -0.2) is 0 Å². The third-order valence-corrected chi connectivity index (χ3v) is 4.43. The van der Waals surface area contributed by atoms with Crippen molar-refractivity contribution in [1.82, 2.24) is 0 Å². The van der Waals surface area contributed by atoms with Gasteiger partial charge in [-0.05, 0) is 67.7 Å². The summed E-state index contributed by atoms with van der Waals surface area (Å²) in [5.74, 6) is 0. The number of hydrogen-bond donors (Lipinski definition) is 1. The molecule has 1 aliphatic rings. The Hall–Kier alpha value is -1.63. The minimum atomic E-state index is 0.302. The molecule has 0 atom stereocenters. The highest BCUT2D eigenvalue weighted by Gasteiger charge is 2.26. The largest absolute Gasteiger partial charge is 0.309 e. The van der Waals surface area contributed by atoms with Crippen molar-refractivity contribution in [2.24, 2.45) is 5.41 Å². The number of rotatable bonds is 6. The molecule has 0 aromatic carbocycles. The van der Waals surface area contributed by atoms with Crippen LogP contribution in [0.4, 0.5) is 0 Å². The van der Waals surface area contributed by atoms with E-state index in [1.807, 2.05) is 13.0 Å². The molecule has 0 spiro atoms. The average molecular weight is 297 g/mol. The molecule has 0 aliphatic heterocycles. The van der Waals surface area contributed by atoms with Crippen molar-refractivity contribution >= 4 is 6.21 Å². The Morgan fingerprint density at radius 1 is 1.23 bits per heavy atom. The lowest BCUT2D eigenvalue weighted by atomic mass is 9.72. The van der Waals surface area contributed by atoms with Gasteiger partial charge in [-0.3, -0.25) is 0 Å². The second-order valence-electron chi connectivity index (χ2n) is 6.80. The van der Waals surface area contributed by atoms with E-state index in [-0.39, 0.29) is 0 Å². The standard InChI is InChI=1S/C21H31N/c1-6-19(11-7-9-17(2)14-16-22)12-13-20-18(3)10-8-15-21(20,4)5/h7,9,11-14,16,22H,6,8,10,15H2,1-5H3/b9-7-,13-12+,17-14+,19-11+,22-16?. The van der Waals surface area contributed by atoms with Crippen LogP contribution in [-0.4, -0.2) is 6.21 Å². The molecule has 0 aromatic rings. The zero-order valence-electron chi connectivity index (χ0n) is 14.9. The van der Waals surface area contributed by atoms with E-state index in [0.717, 1.165) is 12.0 Å². The average Bonchev–Trinajstić information content (AvgIpc) is 2.44. The number of hydrogen-bond acceptors (Lipinski definition) is 1. The highest BCUT2D eigenvalue weighted by Crippen LogP contribution is 2.40. The first-order valence-corrected chi connectivity index (χ1v) is 8.33. The van der Waals surface area contributed by atoms with Crippen LogP contribution in [0.1, 0.15) is 60.3 Å². The van der Waals surface area contributed by atoms with Crippen molar-refractivity contribution in [3.05, 3.63) is 58.7 Å². The van der Waals surface area contributed by atoms with Gasteiger partial charge in [0.25, 0.3) is 0 Å². The Balaban J connectivity index is 2.89. The summed E-state index contributed by atoms with van der Waals surface area (Å²) in [4.78, 5) is 0. The molecule has 1 N–H and O–H groups in total. The molecular formula is C21H31N. The molecule has 0 amide bonds. The first-order valence-electron chi connectivity index (χ1n) is 8.33. The quantitative estimate of drug-likeness (QED) is 0.424. The summed E-state index contributed by atoms with van der Waals surface area (Å²) in [7, 11) is 0. The molecule has 22 heavy (non-hydrogen) atoms. The maximum absolute atomic E-state index is 7.06. The molecule has 0 radical (unpaired) electrons. The topological polar surface area (TPSA) is 23.9 Å². The Labute approximate surface area is 136 Å². The smallest absolute Gasteiger partial charge is 0.0180 e. The van der Waals surface area contributed by atoms with Crippen LogP contribution in [0.2, 0.25) is 0 Å². The molecule has 0 bridgehead atoms. The summed E-state index contributed by atoms with van der Waals surface area (Å²) in [5.41, 5.74) is 5.79. The molecule has 0 unspecified atom stereocenters. The summed E-state index contributed by atoms with van der Waals surface area (Å²) in [6, 6.07) is 0. The minimum absolute atomic E-state index is 0.302. The summed E-state index contributed by atoms with van der Waals surface area (Å²) in [6.45, 7) is 11.2. The zero-order valence-corrected chi connectivity index (χ0v) is 14.9. The SMILES string of the molecule is CCC(/C=C/C1=C(C)CCCC1(C)C)=C\C=C/C(C)=C/C=N. The third-order valence-electron chi connectivity index (χ3n) is 4.43. The van der Waals surface area contributed by atoms with Gasteiger partial charge in [0.2, 0.25) is 0 Å². The zero-order chi connectivity index (χ0) is 16.6. The Bertz CT molecular complexity index is 536. The van der Waals surface area contributed by atoms with E-state index in [1.54, 1.807) is 11.6 Å². The van der Waals surface area contributed by atoms with E-state index in [0.29, 0.717) is 5.41 Å². The van der Waals surface area contributed by atoms with Gasteiger partial charge in [0.05, 0.1) is 0 Å². The normalized spacial score (nSPS) is 20.2. The fourth-order valence-corrected chi connectivity index (χ4v) is 3.00. The Morgan fingerprint density at radius 2 is 1.95 bits per heavy atom. The van der Waals surface area contributed by atoms with Crippen molar-refractivity contribution in [2.45, 2.75) is 60.3 Å². The molecule has 0 aromatic heterocycles. The molecule has 0 heterocycles. The van der Waals surface area contributed by atoms with E-state index < -0.39 is 0 Å². The Morgan fingerprint density at radius 3 is 2.55 bits per heavy atom. The van der Waals surface area contributed by atoms with Crippen LogP contribution in [0, 0.1) is 10.8 Å². The second kappa shape index (κ2) is 8.73. The van der Waals surface area contributed by atoms with Gasteiger partial charge in [0, 0.05) is 6.21 Å². The maximum atomic E-state index is 7.06. The lowest BCUT2D eigenvalue weighted by Gasteiger charge is -2.33. The predicted octanol–water partition coefficient (Wildman–Crippen LogP) is 6.56. The van der Waals surface area contributed by atoms with Crippen molar-refractivity contribution < 1.29 is 0 Å². The van der Waals surface area contributed by atoms with Crippen LogP contribution in [-0.2, 0) is 0 Å². The third kappa shape index (κ3) is 5.63. The lowest BCUT2D eigenvalue weighted by Crippen LogP contribution is -2.19. The molecule has 1 rings (SSSR count). The van der Waals surface area contributed by atoms with Crippen molar-refractivity contribution in [2.75, 3.05) is 0 Å². The maximum Gasteiger partial charge on any atom is 0.0180 e. The van der Waals surface area contributed by atoms with Gasteiger partial charge >= 0.3 is 0 Å². The van der Waals surface area contributed by atoms with Crippen molar-refractivity contribution in [3.63, 3.8) is 0 Å². The number of nitrogens with one attached hydrogen (secondary N) is 1. The van der Waals surface area contributed by atoms with Gasteiger partial charge in [0.15, 0.2) is 0 Å². The monoisotopic (exact) mass is 297 g/mol. The summed E-state index contributed by atoms with van der Waals surface area (Å²) in [5, 5.41) is 7.06.